The number of esters is 1. The zero-order chi connectivity index (χ0) is 44.2. The molecule has 4 nitrogen and oxygen atoms in total. The maximum atomic E-state index is 11.7. The van der Waals surface area contributed by atoms with Crippen LogP contribution in [0.15, 0.2) is 11.8 Å². The highest BCUT2D eigenvalue weighted by molar-refractivity contribution is 5.85. The molecule has 2 saturated heterocycles. The molecule has 3 heterocycles. The topological polar surface area (TPSA) is 41.6 Å². The number of nitrogens with one attached hydrogen (secondary N) is 1. The van der Waals surface area contributed by atoms with Crippen LogP contribution in [0.4, 0.5) is 0 Å². The van der Waals surface area contributed by atoms with E-state index in [1.54, 1.807) is 6.08 Å². The van der Waals surface area contributed by atoms with Crippen LogP contribution in [-0.2, 0) is 9.53 Å². The number of piperidine rings is 1. The summed E-state index contributed by atoms with van der Waals surface area (Å²) in [6.07, 6.45) is 74.3. The Morgan fingerprint density at radius 2 is 0.603 bits per heavy atom. The second-order valence-corrected chi connectivity index (χ2v) is 21.7. The van der Waals surface area contributed by atoms with Crippen LogP contribution in [0.2, 0.25) is 0 Å². The molecular formula is C59H112N2O2. The lowest BCUT2D eigenvalue weighted by molar-refractivity contribution is -0.135. The van der Waals surface area contributed by atoms with Crippen LogP contribution in [0.5, 0.6) is 0 Å². The van der Waals surface area contributed by atoms with Gasteiger partial charge in [0.1, 0.15) is 6.61 Å². The Kier molecular flexibility index (Phi) is 37.8. The molecule has 3 aliphatic heterocycles. The molecule has 1 spiro atoms. The number of ether oxygens (including phenoxy) is 1. The van der Waals surface area contributed by atoms with Crippen molar-refractivity contribution in [3.05, 3.63) is 11.8 Å². The molecule has 2 fully saturated rings. The first-order valence-electron chi connectivity index (χ1n) is 29.6. The van der Waals surface area contributed by atoms with Gasteiger partial charge < -0.3 is 15.0 Å². The molecule has 3 aliphatic rings. The van der Waals surface area contributed by atoms with Crippen LogP contribution in [0, 0.1) is 5.41 Å². The van der Waals surface area contributed by atoms with Crippen LogP contribution in [0.25, 0.3) is 0 Å². The van der Waals surface area contributed by atoms with E-state index in [-0.39, 0.29) is 5.97 Å². The Hall–Kier alpha value is -1.03. The van der Waals surface area contributed by atoms with Gasteiger partial charge in [0.2, 0.25) is 0 Å². The predicted molar refractivity (Wildman–Crippen MR) is 277 cm³/mol. The van der Waals surface area contributed by atoms with Gasteiger partial charge in [0.05, 0.1) is 5.70 Å². The van der Waals surface area contributed by atoms with Gasteiger partial charge in [-0.15, -0.1) is 0 Å². The maximum absolute atomic E-state index is 11.7. The Bertz CT molecular complexity index is 963. The fraction of sp³-hybridized carbons (Fsp3) is 0.949. The molecule has 0 amide bonds. The minimum Gasteiger partial charge on any atom is -0.456 e. The third-order valence-corrected chi connectivity index (χ3v) is 16.0. The van der Waals surface area contributed by atoms with Crippen LogP contribution in [0.1, 0.15) is 321 Å². The minimum absolute atomic E-state index is 0.155. The van der Waals surface area contributed by atoms with Gasteiger partial charge in [-0.2, -0.15) is 0 Å². The van der Waals surface area contributed by atoms with Crippen molar-refractivity contribution in [2.75, 3.05) is 32.8 Å². The SMILES string of the molecule is O=C1C=C(N2CCC3(CCCCCCCCCCCCCCCCCCCCCCCCCCCCCCCCCCCCCCCCCCCCCCCCNCC3)CC2)CO1. The van der Waals surface area contributed by atoms with Crippen molar-refractivity contribution in [1.29, 1.82) is 0 Å². The largest absolute Gasteiger partial charge is 0.456 e. The Balaban J connectivity index is 1.24. The van der Waals surface area contributed by atoms with Crippen molar-refractivity contribution in [3.63, 3.8) is 0 Å². The van der Waals surface area contributed by atoms with E-state index in [0.717, 1.165) is 18.8 Å². The van der Waals surface area contributed by atoms with Crippen molar-refractivity contribution in [1.82, 2.24) is 10.2 Å². The third-order valence-electron chi connectivity index (χ3n) is 16.0. The molecule has 0 atom stereocenters. The van der Waals surface area contributed by atoms with Crippen LogP contribution in [-0.4, -0.2) is 43.7 Å². The van der Waals surface area contributed by atoms with E-state index < -0.39 is 0 Å². The minimum atomic E-state index is -0.155. The normalized spacial score (nSPS) is 25.1. The lowest BCUT2D eigenvalue weighted by Crippen LogP contribution is -2.41. The van der Waals surface area contributed by atoms with E-state index in [0.29, 0.717) is 12.0 Å². The first-order chi connectivity index (χ1) is 31.3. The fourth-order valence-electron chi connectivity index (χ4n) is 11.4. The van der Waals surface area contributed by atoms with Gasteiger partial charge >= 0.3 is 5.97 Å². The number of hydrogen-bond acceptors (Lipinski definition) is 4. The van der Waals surface area contributed by atoms with Crippen molar-refractivity contribution in [2.45, 2.75) is 321 Å². The monoisotopic (exact) mass is 881 g/mol. The average Bonchev–Trinajstić information content (AvgIpc) is 3.74. The molecule has 4 heteroatoms. The zero-order valence-corrected chi connectivity index (χ0v) is 42.7. The summed E-state index contributed by atoms with van der Waals surface area (Å²) in [6.45, 7) is 5.01. The maximum Gasteiger partial charge on any atom is 0.333 e. The summed E-state index contributed by atoms with van der Waals surface area (Å²) >= 11 is 0. The Morgan fingerprint density at radius 3 is 0.873 bits per heavy atom. The average molecular weight is 882 g/mol. The number of likely N-dealkylation sites (tertiary alicyclic amines) is 1. The highest BCUT2D eigenvalue weighted by Gasteiger charge is 2.35. The molecule has 0 bridgehead atoms. The Labute approximate surface area is 395 Å². The van der Waals surface area contributed by atoms with Crippen molar-refractivity contribution in [3.8, 4) is 0 Å². The van der Waals surface area contributed by atoms with E-state index in [1.165, 1.54) is 334 Å². The standard InChI is InChI=1S/C59H112N2O2/c62-58-55-57(56-63-58)61-53-49-59(50-54-61)47-45-43-41-39-37-35-33-31-29-27-25-23-21-19-17-15-13-11-9-7-5-3-1-2-4-6-8-10-12-14-16-18-20-22-24-26-28-30-32-34-36-38-40-42-44-46-51-60-52-48-59/h55,60H,1-54,56H2. The second-order valence-electron chi connectivity index (χ2n) is 21.7. The summed E-state index contributed by atoms with van der Waals surface area (Å²) in [6, 6.07) is 0. The summed E-state index contributed by atoms with van der Waals surface area (Å²) in [7, 11) is 0. The van der Waals surface area contributed by atoms with Gasteiger partial charge in [-0.05, 0) is 50.6 Å². The molecule has 0 unspecified atom stereocenters. The molecular weight excluding hydrogens is 769 g/mol. The zero-order valence-electron chi connectivity index (χ0n) is 42.7. The summed E-state index contributed by atoms with van der Waals surface area (Å²) in [5, 5.41) is 3.87. The first-order valence-corrected chi connectivity index (χ1v) is 29.6. The molecule has 0 aliphatic carbocycles. The molecule has 0 aromatic carbocycles. The summed E-state index contributed by atoms with van der Waals surface area (Å²) < 4.78 is 5.25. The van der Waals surface area contributed by atoms with E-state index in [2.05, 4.69) is 10.2 Å². The molecule has 63 heavy (non-hydrogen) atoms. The summed E-state index contributed by atoms with van der Waals surface area (Å²) in [4.78, 5) is 14.2. The molecule has 0 aromatic rings. The van der Waals surface area contributed by atoms with Gasteiger partial charge in [0.15, 0.2) is 0 Å². The molecule has 0 saturated carbocycles. The van der Waals surface area contributed by atoms with Gasteiger partial charge in [0.25, 0.3) is 0 Å². The number of nitrogens with zero attached hydrogens (tertiary/aromatic N) is 1. The summed E-state index contributed by atoms with van der Waals surface area (Å²) in [5.74, 6) is -0.155. The lowest BCUT2D eigenvalue weighted by atomic mass is 9.72. The molecule has 1 N–H and O–H groups in total. The van der Waals surface area contributed by atoms with E-state index >= 15 is 0 Å². The molecule has 370 valence electrons. The van der Waals surface area contributed by atoms with E-state index in [1.807, 2.05) is 0 Å². The number of hydrogen-bond donors (Lipinski definition) is 1. The lowest BCUT2D eigenvalue weighted by Gasteiger charge is -2.43. The number of cyclic esters (lactones) is 1. The number of carbonyl (C=O) groups excluding carboxylic acids is 1. The van der Waals surface area contributed by atoms with Crippen LogP contribution in [0.3, 0.4) is 0 Å². The van der Waals surface area contributed by atoms with Crippen molar-refractivity contribution in [2.24, 2.45) is 5.41 Å². The summed E-state index contributed by atoms with van der Waals surface area (Å²) in [5.41, 5.74) is 1.58. The van der Waals surface area contributed by atoms with Gasteiger partial charge in [-0.25, -0.2) is 4.79 Å². The van der Waals surface area contributed by atoms with Crippen LogP contribution >= 0.6 is 0 Å². The van der Waals surface area contributed by atoms with Crippen LogP contribution < -0.4 is 5.32 Å². The Morgan fingerprint density at radius 1 is 0.333 bits per heavy atom. The molecule has 0 radical (unpaired) electrons. The molecule has 3 rings (SSSR count). The van der Waals surface area contributed by atoms with E-state index in [9.17, 15) is 4.79 Å². The highest BCUT2D eigenvalue weighted by atomic mass is 16.5. The van der Waals surface area contributed by atoms with Gasteiger partial charge in [-0.3, -0.25) is 0 Å². The predicted octanol–water partition coefficient (Wildman–Crippen LogP) is 18.8. The van der Waals surface area contributed by atoms with Crippen molar-refractivity contribution < 1.29 is 9.53 Å². The number of rotatable bonds is 1. The van der Waals surface area contributed by atoms with E-state index in [4.69, 9.17) is 4.74 Å². The highest BCUT2D eigenvalue weighted by Crippen LogP contribution is 2.41. The molecule has 0 aromatic heterocycles. The smallest absolute Gasteiger partial charge is 0.333 e. The van der Waals surface area contributed by atoms with Gasteiger partial charge in [-0.1, -0.05) is 289 Å². The third kappa shape index (κ3) is 33.2. The quantitative estimate of drug-likeness (QED) is 0.267. The number of carbonyl (C=O) groups is 1. The first kappa shape index (κ1) is 56.3. The second kappa shape index (κ2) is 42.3. The van der Waals surface area contributed by atoms with Crippen molar-refractivity contribution >= 4 is 5.97 Å². The fourth-order valence-corrected chi connectivity index (χ4v) is 11.4. The van der Waals surface area contributed by atoms with Gasteiger partial charge in [0, 0.05) is 19.2 Å².